The Morgan fingerprint density at radius 3 is 3.00 bits per heavy atom. The number of ether oxygens (including phenoxy) is 1. The summed E-state index contributed by atoms with van der Waals surface area (Å²) in [7, 11) is 1.60. The van der Waals surface area contributed by atoms with Crippen molar-refractivity contribution in [2.24, 2.45) is 5.92 Å². The van der Waals surface area contributed by atoms with Crippen LogP contribution in [0.4, 0.5) is 0 Å². The van der Waals surface area contributed by atoms with E-state index in [1.807, 2.05) is 34.9 Å². The van der Waals surface area contributed by atoms with Crippen molar-refractivity contribution in [1.82, 2.24) is 19.7 Å². The lowest BCUT2D eigenvalue weighted by molar-refractivity contribution is 0.0661. The molecule has 1 saturated heterocycles. The van der Waals surface area contributed by atoms with Gasteiger partial charge in [-0.15, -0.1) is 11.3 Å². The van der Waals surface area contributed by atoms with Crippen molar-refractivity contribution in [3.05, 3.63) is 28.0 Å². The second kappa shape index (κ2) is 6.70. The van der Waals surface area contributed by atoms with E-state index in [-0.39, 0.29) is 5.91 Å². The van der Waals surface area contributed by atoms with Gasteiger partial charge in [-0.3, -0.25) is 4.79 Å². The second-order valence-corrected chi connectivity index (χ2v) is 6.88. The number of carbonyl (C=O) groups excluding carboxylic acids is 1. The summed E-state index contributed by atoms with van der Waals surface area (Å²) >= 11 is 1.44. The number of aromatic nitrogens is 3. The van der Waals surface area contributed by atoms with Crippen LogP contribution >= 0.6 is 11.3 Å². The average Bonchev–Trinajstić information content (AvgIpc) is 3.13. The van der Waals surface area contributed by atoms with Crippen LogP contribution in [0.3, 0.4) is 0 Å². The largest absolute Gasteiger partial charge is 0.495 e. The molecule has 2 aromatic rings. The zero-order valence-corrected chi connectivity index (χ0v) is 14.6. The van der Waals surface area contributed by atoms with E-state index in [2.05, 4.69) is 10.1 Å². The van der Waals surface area contributed by atoms with Crippen molar-refractivity contribution in [2.75, 3.05) is 20.2 Å². The highest BCUT2D eigenvalue weighted by Crippen LogP contribution is 2.28. The van der Waals surface area contributed by atoms with E-state index in [1.165, 1.54) is 11.3 Å². The van der Waals surface area contributed by atoms with Crippen LogP contribution in [-0.2, 0) is 6.54 Å². The highest BCUT2D eigenvalue weighted by molar-refractivity contribution is 7.12. The molecule has 0 aromatic carbocycles. The van der Waals surface area contributed by atoms with Gasteiger partial charge >= 0.3 is 0 Å². The van der Waals surface area contributed by atoms with Gasteiger partial charge in [0.05, 0.1) is 7.11 Å². The van der Waals surface area contributed by atoms with Gasteiger partial charge in [0.25, 0.3) is 5.91 Å². The van der Waals surface area contributed by atoms with Crippen LogP contribution in [0.1, 0.15) is 34.2 Å². The number of aryl methyl sites for hydroxylation is 2. The molecule has 0 spiro atoms. The fourth-order valence-electron chi connectivity index (χ4n) is 3.14. The summed E-state index contributed by atoms with van der Waals surface area (Å²) in [6.45, 7) is 6.27. The standard InChI is InChI=1S/C16H22N4O2S/c1-11-17-12(2)20(18-11)10-13-5-4-7-19(9-13)16(21)15-14(22-3)6-8-23-15/h6,8,13H,4-5,7,9-10H2,1-3H3. The smallest absolute Gasteiger partial charge is 0.267 e. The number of likely N-dealkylation sites (tertiary alicyclic amines) is 1. The fraction of sp³-hybridized carbons (Fsp3) is 0.562. The van der Waals surface area contributed by atoms with Crippen LogP contribution in [0.2, 0.25) is 0 Å². The summed E-state index contributed by atoms with van der Waals surface area (Å²) in [5.41, 5.74) is 0. The topological polar surface area (TPSA) is 60.2 Å². The molecule has 1 fully saturated rings. The molecule has 0 radical (unpaired) electrons. The highest BCUT2D eigenvalue weighted by atomic mass is 32.1. The third-order valence-corrected chi connectivity index (χ3v) is 5.13. The van der Waals surface area contributed by atoms with Crippen molar-refractivity contribution < 1.29 is 9.53 Å². The summed E-state index contributed by atoms with van der Waals surface area (Å²) < 4.78 is 7.24. The molecule has 0 aliphatic carbocycles. The molecule has 2 aromatic heterocycles. The van der Waals surface area contributed by atoms with E-state index in [0.717, 1.165) is 44.1 Å². The number of hydrogen-bond acceptors (Lipinski definition) is 5. The Balaban J connectivity index is 1.68. The first-order valence-corrected chi connectivity index (χ1v) is 8.75. The molecular weight excluding hydrogens is 312 g/mol. The minimum atomic E-state index is 0.0769. The number of amides is 1. The first kappa shape index (κ1) is 16.0. The molecule has 0 N–H and O–H groups in total. The molecule has 3 rings (SSSR count). The van der Waals surface area contributed by atoms with Gasteiger partial charge < -0.3 is 9.64 Å². The SMILES string of the molecule is COc1ccsc1C(=O)N1CCCC(Cn2nc(C)nc2C)C1. The van der Waals surface area contributed by atoms with Crippen molar-refractivity contribution in [2.45, 2.75) is 33.2 Å². The number of hydrogen-bond donors (Lipinski definition) is 0. The zero-order chi connectivity index (χ0) is 16.4. The molecular formula is C16H22N4O2S. The van der Waals surface area contributed by atoms with E-state index in [0.29, 0.717) is 16.5 Å². The van der Waals surface area contributed by atoms with Gasteiger partial charge in [-0.25, -0.2) is 9.67 Å². The first-order chi connectivity index (χ1) is 11.1. The van der Waals surface area contributed by atoms with E-state index in [4.69, 9.17) is 4.74 Å². The Morgan fingerprint density at radius 2 is 2.30 bits per heavy atom. The minimum absolute atomic E-state index is 0.0769. The Labute approximate surface area is 140 Å². The molecule has 124 valence electrons. The highest BCUT2D eigenvalue weighted by Gasteiger charge is 2.27. The third kappa shape index (κ3) is 3.39. The monoisotopic (exact) mass is 334 g/mol. The van der Waals surface area contributed by atoms with Gasteiger partial charge in [0.2, 0.25) is 0 Å². The van der Waals surface area contributed by atoms with E-state index in [1.54, 1.807) is 7.11 Å². The number of methoxy groups -OCH3 is 1. The number of thiophene rings is 1. The summed E-state index contributed by atoms with van der Waals surface area (Å²) in [6, 6.07) is 1.85. The summed E-state index contributed by atoms with van der Waals surface area (Å²) in [4.78, 5) is 19.7. The number of nitrogens with zero attached hydrogens (tertiary/aromatic N) is 4. The molecule has 6 nitrogen and oxygen atoms in total. The number of piperidine rings is 1. The zero-order valence-electron chi connectivity index (χ0n) is 13.8. The molecule has 0 bridgehead atoms. The lowest BCUT2D eigenvalue weighted by atomic mass is 9.98. The Hall–Kier alpha value is -1.89. The minimum Gasteiger partial charge on any atom is -0.495 e. The fourth-order valence-corrected chi connectivity index (χ4v) is 3.96. The summed E-state index contributed by atoms with van der Waals surface area (Å²) in [5.74, 6) is 2.90. The van der Waals surface area contributed by atoms with Crippen LogP contribution in [0.25, 0.3) is 0 Å². The Kier molecular flexibility index (Phi) is 4.66. The predicted molar refractivity (Wildman–Crippen MR) is 89.0 cm³/mol. The van der Waals surface area contributed by atoms with E-state index in [9.17, 15) is 4.79 Å². The molecule has 3 heterocycles. The lowest BCUT2D eigenvalue weighted by Crippen LogP contribution is -2.41. The van der Waals surface area contributed by atoms with Crippen LogP contribution in [0.15, 0.2) is 11.4 Å². The van der Waals surface area contributed by atoms with Gasteiger partial charge in [0, 0.05) is 19.6 Å². The molecule has 23 heavy (non-hydrogen) atoms. The van der Waals surface area contributed by atoms with Crippen molar-refractivity contribution >= 4 is 17.2 Å². The van der Waals surface area contributed by atoms with Crippen molar-refractivity contribution in [3.63, 3.8) is 0 Å². The van der Waals surface area contributed by atoms with Crippen molar-refractivity contribution in [1.29, 1.82) is 0 Å². The molecule has 0 saturated carbocycles. The summed E-state index contributed by atoms with van der Waals surface area (Å²) in [5, 5.41) is 6.33. The van der Waals surface area contributed by atoms with Gasteiger partial charge in [-0.05, 0) is 44.1 Å². The van der Waals surface area contributed by atoms with Gasteiger partial charge in [0.15, 0.2) is 0 Å². The normalized spacial score (nSPS) is 18.2. The summed E-state index contributed by atoms with van der Waals surface area (Å²) in [6.07, 6.45) is 2.14. The third-order valence-electron chi connectivity index (χ3n) is 4.24. The first-order valence-electron chi connectivity index (χ1n) is 7.87. The maximum atomic E-state index is 12.7. The van der Waals surface area contributed by atoms with Gasteiger partial charge in [0.1, 0.15) is 22.3 Å². The maximum Gasteiger partial charge on any atom is 0.267 e. The van der Waals surface area contributed by atoms with Gasteiger partial charge in [-0.1, -0.05) is 0 Å². The van der Waals surface area contributed by atoms with Crippen LogP contribution < -0.4 is 4.74 Å². The molecule has 1 aliphatic heterocycles. The van der Waals surface area contributed by atoms with Crippen LogP contribution in [0.5, 0.6) is 5.75 Å². The quantitative estimate of drug-likeness (QED) is 0.862. The second-order valence-electron chi connectivity index (χ2n) is 5.97. The van der Waals surface area contributed by atoms with E-state index < -0.39 is 0 Å². The maximum absolute atomic E-state index is 12.7. The number of carbonyl (C=O) groups is 1. The number of rotatable bonds is 4. The van der Waals surface area contributed by atoms with Crippen molar-refractivity contribution in [3.8, 4) is 5.75 Å². The molecule has 1 atom stereocenters. The predicted octanol–water partition coefficient (Wildman–Crippen LogP) is 2.52. The van der Waals surface area contributed by atoms with Crippen LogP contribution in [-0.4, -0.2) is 45.8 Å². The van der Waals surface area contributed by atoms with Gasteiger partial charge in [-0.2, -0.15) is 5.10 Å². The molecule has 1 unspecified atom stereocenters. The lowest BCUT2D eigenvalue weighted by Gasteiger charge is -2.32. The molecule has 1 amide bonds. The Morgan fingerprint density at radius 1 is 1.48 bits per heavy atom. The van der Waals surface area contributed by atoms with E-state index >= 15 is 0 Å². The van der Waals surface area contributed by atoms with Crippen LogP contribution in [0, 0.1) is 19.8 Å². The average molecular weight is 334 g/mol. The molecule has 1 aliphatic rings. The molecule has 7 heteroatoms. The Bertz CT molecular complexity index is 694.